The monoisotopic (exact) mass is 188 g/mol. The Morgan fingerprint density at radius 3 is 2.08 bits per heavy atom. The first kappa shape index (κ1) is 9.93. The molecule has 1 aliphatic rings. The standard InChI is InChI=1S/C9H16O2S/c1-7(12)11-9-5-3-8(10-2)4-6-9/h8-9H,3-6H2,1-2H3. The van der Waals surface area contributed by atoms with Crippen molar-refractivity contribution >= 4 is 17.3 Å². The maximum Gasteiger partial charge on any atom is 0.157 e. The zero-order chi connectivity index (χ0) is 8.97. The Morgan fingerprint density at radius 2 is 1.67 bits per heavy atom. The second-order valence-corrected chi connectivity index (χ2v) is 3.82. The van der Waals surface area contributed by atoms with E-state index in [1.165, 1.54) is 0 Å². The van der Waals surface area contributed by atoms with Gasteiger partial charge >= 0.3 is 0 Å². The summed E-state index contributed by atoms with van der Waals surface area (Å²) in [5.41, 5.74) is 0. The molecule has 12 heavy (non-hydrogen) atoms. The maximum atomic E-state index is 5.46. The van der Waals surface area contributed by atoms with Gasteiger partial charge in [0.2, 0.25) is 0 Å². The molecule has 0 spiro atoms. The number of hydrogen-bond donors (Lipinski definition) is 0. The molecule has 2 nitrogen and oxygen atoms in total. The summed E-state index contributed by atoms with van der Waals surface area (Å²) in [6.45, 7) is 1.83. The van der Waals surface area contributed by atoms with Crippen LogP contribution in [0.4, 0.5) is 0 Å². The van der Waals surface area contributed by atoms with Crippen LogP contribution >= 0.6 is 12.2 Å². The van der Waals surface area contributed by atoms with E-state index in [1.54, 1.807) is 7.11 Å². The average Bonchev–Trinajstić information content (AvgIpc) is 2.05. The second-order valence-electron chi connectivity index (χ2n) is 3.24. The molecule has 0 atom stereocenters. The molecule has 1 fully saturated rings. The van der Waals surface area contributed by atoms with Gasteiger partial charge in [0, 0.05) is 14.0 Å². The van der Waals surface area contributed by atoms with Gasteiger partial charge in [-0.05, 0) is 37.9 Å². The maximum absolute atomic E-state index is 5.46. The van der Waals surface area contributed by atoms with E-state index in [0.29, 0.717) is 17.3 Å². The van der Waals surface area contributed by atoms with Crippen molar-refractivity contribution in [3.05, 3.63) is 0 Å². The number of hydrogen-bond acceptors (Lipinski definition) is 3. The van der Waals surface area contributed by atoms with Gasteiger partial charge in [0.15, 0.2) is 5.05 Å². The van der Waals surface area contributed by atoms with Gasteiger partial charge in [0.05, 0.1) is 12.2 Å². The van der Waals surface area contributed by atoms with Crippen LogP contribution in [-0.2, 0) is 9.47 Å². The fourth-order valence-electron chi connectivity index (χ4n) is 1.62. The summed E-state index contributed by atoms with van der Waals surface area (Å²) in [6, 6.07) is 0. The van der Waals surface area contributed by atoms with Crippen LogP contribution < -0.4 is 0 Å². The first-order valence-corrected chi connectivity index (χ1v) is 4.83. The molecule has 0 bridgehead atoms. The quantitative estimate of drug-likeness (QED) is 0.620. The normalized spacial score (nSPS) is 29.8. The van der Waals surface area contributed by atoms with Crippen LogP contribution in [0.1, 0.15) is 32.6 Å². The molecule has 0 aromatic rings. The molecular formula is C9H16O2S. The van der Waals surface area contributed by atoms with E-state index in [4.69, 9.17) is 21.7 Å². The van der Waals surface area contributed by atoms with E-state index in [1.807, 2.05) is 6.92 Å². The molecule has 0 heterocycles. The molecule has 0 saturated heterocycles. The Labute approximate surface area is 79.2 Å². The van der Waals surface area contributed by atoms with Crippen molar-refractivity contribution in [3.8, 4) is 0 Å². The van der Waals surface area contributed by atoms with Gasteiger partial charge in [0.25, 0.3) is 0 Å². The summed E-state index contributed by atoms with van der Waals surface area (Å²) < 4.78 is 10.7. The van der Waals surface area contributed by atoms with Crippen LogP contribution in [0.25, 0.3) is 0 Å². The zero-order valence-electron chi connectivity index (χ0n) is 7.71. The third-order valence-corrected chi connectivity index (χ3v) is 2.38. The van der Waals surface area contributed by atoms with Crippen LogP contribution in [0, 0.1) is 0 Å². The van der Waals surface area contributed by atoms with Crippen molar-refractivity contribution in [2.24, 2.45) is 0 Å². The van der Waals surface area contributed by atoms with Gasteiger partial charge in [-0.1, -0.05) is 0 Å². The van der Waals surface area contributed by atoms with Crippen molar-refractivity contribution < 1.29 is 9.47 Å². The second kappa shape index (κ2) is 4.77. The first-order valence-electron chi connectivity index (χ1n) is 4.42. The van der Waals surface area contributed by atoms with Gasteiger partial charge in [-0.15, -0.1) is 0 Å². The van der Waals surface area contributed by atoms with E-state index in [0.717, 1.165) is 25.7 Å². The van der Waals surface area contributed by atoms with E-state index in [-0.39, 0.29) is 0 Å². The predicted molar refractivity (Wildman–Crippen MR) is 52.4 cm³/mol. The van der Waals surface area contributed by atoms with E-state index >= 15 is 0 Å². The summed E-state index contributed by atoms with van der Waals surface area (Å²) in [5.74, 6) is 0. The largest absolute Gasteiger partial charge is 0.484 e. The Morgan fingerprint density at radius 1 is 1.17 bits per heavy atom. The number of thiocarbonyl (C=S) groups is 1. The van der Waals surface area contributed by atoms with Crippen LogP contribution in [0.15, 0.2) is 0 Å². The van der Waals surface area contributed by atoms with Crippen molar-refractivity contribution in [3.63, 3.8) is 0 Å². The molecule has 70 valence electrons. The Hall–Kier alpha value is -0.150. The van der Waals surface area contributed by atoms with Crippen LogP contribution in [0.2, 0.25) is 0 Å². The molecule has 3 heteroatoms. The van der Waals surface area contributed by atoms with E-state index < -0.39 is 0 Å². The Bertz CT molecular complexity index is 151. The SMILES string of the molecule is COC1CCC(OC(C)=S)CC1. The minimum Gasteiger partial charge on any atom is -0.484 e. The molecule has 0 aromatic heterocycles. The van der Waals surface area contributed by atoms with E-state index in [2.05, 4.69) is 0 Å². The molecule has 0 N–H and O–H groups in total. The number of ether oxygens (including phenoxy) is 2. The van der Waals surface area contributed by atoms with Crippen LogP contribution in [0.5, 0.6) is 0 Å². The lowest BCUT2D eigenvalue weighted by molar-refractivity contribution is 0.0299. The molecule has 1 rings (SSSR count). The Kier molecular flexibility index (Phi) is 3.95. The molecule has 0 aliphatic heterocycles. The summed E-state index contributed by atoms with van der Waals surface area (Å²) in [6.07, 6.45) is 5.14. The minimum atomic E-state index is 0.342. The van der Waals surface area contributed by atoms with Crippen molar-refractivity contribution in [1.29, 1.82) is 0 Å². The molecular weight excluding hydrogens is 172 g/mol. The zero-order valence-corrected chi connectivity index (χ0v) is 8.52. The predicted octanol–water partition coefficient (Wildman–Crippen LogP) is 2.31. The van der Waals surface area contributed by atoms with Crippen molar-refractivity contribution in [1.82, 2.24) is 0 Å². The highest BCUT2D eigenvalue weighted by atomic mass is 32.1. The lowest BCUT2D eigenvalue weighted by atomic mass is 9.95. The third kappa shape index (κ3) is 3.07. The molecule has 0 radical (unpaired) electrons. The minimum absolute atomic E-state index is 0.342. The highest BCUT2D eigenvalue weighted by molar-refractivity contribution is 7.80. The van der Waals surface area contributed by atoms with Gasteiger partial charge in [-0.25, -0.2) is 0 Å². The smallest absolute Gasteiger partial charge is 0.157 e. The van der Waals surface area contributed by atoms with Gasteiger partial charge in [-0.3, -0.25) is 0 Å². The van der Waals surface area contributed by atoms with Gasteiger partial charge in [0.1, 0.15) is 0 Å². The van der Waals surface area contributed by atoms with Crippen molar-refractivity contribution in [2.45, 2.75) is 44.8 Å². The molecule has 0 unspecified atom stereocenters. The van der Waals surface area contributed by atoms with Crippen LogP contribution in [0.3, 0.4) is 0 Å². The molecule has 1 aliphatic carbocycles. The number of rotatable bonds is 2. The summed E-state index contributed by atoms with van der Waals surface area (Å²) in [5, 5.41) is 0.663. The highest BCUT2D eigenvalue weighted by Crippen LogP contribution is 2.22. The fourth-order valence-corrected chi connectivity index (χ4v) is 1.76. The summed E-state index contributed by atoms with van der Waals surface area (Å²) in [7, 11) is 1.77. The lowest BCUT2D eigenvalue weighted by Crippen LogP contribution is -2.26. The van der Waals surface area contributed by atoms with E-state index in [9.17, 15) is 0 Å². The van der Waals surface area contributed by atoms with Crippen LogP contribution in [-0.4, -0.2) is 24.4 Å². The highest BCUT2D eigenvalue weighted by Gasteiger charge is 2.21. The molecule has 0 aromatic carbocycles. The van der Waals surface area contributed by atoms with Crippen molar-refractivity contribution in [2.75, 3.05) is 7.11 Å². The topological polar surface area (TPSA) is 18.5 Å². The number of methoxy groups -OCH3 is 1. The first-order chi connectivity index (χ1) is 5.72. The lowest BCUT2D eigenvalue weighted by Gasteiger charge is -2.27. The Balaban J connectivity index is 2.21. The molecule has 1 saturated carbocycles. The van der Waals surface area contributed by atoms with Gasteiger partial charge < -0.3 is 9.47 Å². The third-order valence-electron chi connectivity index (χ3n) is 2.29. The summed E-state index contributed by atoms with van der Waals surface area (Å²) >= 11 is 4.88. The summed E-state index contributed by atoms with van der Waals surface area (Å²) in [4.78, 5) is 0. The van der Waals surface area contributed by atoms with Gasteiger partial charge in [-0.2, -0.15) is 0 Å². The average molecular weight is 188 g/mol. The fraction of sp³-hybridized carbons (Fsp3) is 0.889. The molecule has 0 amide bonds.